The predicted octanol–water partition coefficient (Wildman–Crippen LogP) is 0.867. The SMILES string of the molecule is OC(CNC1CC1)CSc1nnnn1-c1ccccc1. The number of aromatic nitrogens is 4. The Balaban J connectivity index is 1.56. The van der Waals surface area contributed by atoms with E-state index in [1.807, 2.05) is 30.3 Å². The van der Waals surface area contributed by atoms with E-state index in [1.165, 1.54) is 24.6 Å². The lowest BCUT2D eigenvalue weighted by Gasteiger charge is -2.10. The lowest BCUT2D eigenvalue weighted by atomic mass is 10.3. The number of rotatable bonds is 7. The molecule has 6 nitrogen and oxygen atoms in total. The molecule has 0 radical (unpaired) electrons. The maximum atomic E-state index is 9.92. The number of thioether (sulfide) groups is 1. The summed E-state index contributed by atoms with van der Waals surface area (Å²) in [6.07, 6.45) is 2.07. The van der Waals surface area contributed by atoms with Gasteiger partial charge in [-0.15, -0.1) is 5.10 Å². The van der Waals surface area contributed by atoms with Gasteiger partial charge >= 0.3 is 0 Å². The van der Waals surface area contributed by atoms with Crippen molar-refractivity contribution in [2.45, 2.75) is 30.1 Å². The highest BCUT2D eigenvalue weighted by molar-refractivity contribution is 7.99. The molecule has 1 heterocycles. The van der Waals surface area contributed by atoms with Crippen LogP contribution in [0.2, 0.25) is 0 Å². The molecule has 1 atom stereocenters. The maximum Gasteiger partial charge on any atom is 0.214 e. The van der Waals surface area contributed by atoms with Crippen molar-refractivity contribution in [1.29, 1.82) is 0 Å². The van der Waals surface area contributed by atoms with Crippen LogP contribution in [-0.2, 0) is 0 Å². The topological polar surface area (TPSA) is 75.9 Å². The first-order valence-electron chi connectivity index (χ1n) is 6.71. The Hall–Kier alpha value is -1.44. The van der Waals surface area contributed by atoms with Crippen LogP contribution >= 0.6 is 11.8 Å². The van der Waals surface area contributed by atoms with Gasteiger partial charge in [0.15, 0.2) is 0 Å². The zero-order valence-electron chi connectivity index (χ0n) is 11.0. The molecule has 1 saturated carbocycles. The molecule has 0 spiro atoms. The van der Waals surface area contributed by atoms with Crippen molar-refractivity contribution in [1.82, 2.24) is 25.5 Å². The van der Waals surface area contributed by atoms with E-state index in [4.69, 9.17) is 0 Å². The van der Waals surface area contributed by atoms with E-state index in [0.29, 0.717) is 23.5 Å². The first-order chi connectivity index (χ1) is 9.83. The monoisotopic (exact) mass is 291 g/mol. The fraction of sp³-hybridized carbons (Fsp3) is 0.462. The van der Waals surface area contributed by atoms with Crippen molar-refractivity contribution >= 4 is 11.8 Å². The number of aliphatic hydroxyl groups is 1. The first kappa shape index (κ1) is 13.5. The summed E-state index contributed by atoms with van der Waals surface area (Å²) in [5, 5.41) is 25.6. The minimum absolute atomic E-state index is 0.387. The number of nitrogens with zero attached hydrogens (tertiary/aromatic N) is 4. The molecule has 3 rings (SSSR count). The molecule has 0 bridgehead atoms. The minimum Gasteiger partial charge on any atom is -0.391 e. The van der Waals surface area contributed by atoms with E-state index >= 15 is 0 Å². The van der Waals surface area contributed by atoms with Crippen LogP contribution in [0, 0.1) is 0 Å². The standard InChI is InChI=1S/C13H17N5OS/c19-12(8-14-10-6-7-10)9-20-13-15-16-17-18(13)11-4-2-1-3-5-11/h1-5,10,12,14,19H,6-9H2. The second-order valence-electron chi connectivity index (χ2n) is 4.86. The smallest absolute Gasteiger partial charge is 0.214 e. The van der Waals surface area contributed by atoms with E-state index in [0.717, 1.165) is 5.69 Å². The van der Waals surface area contributed by atoms with E-state index < -0.39 is 0 Å². The van der Waals surface area contributed by atoms with Crippen molar-refractivity contribution in [3.63, 3.8) is 0 Å². The van der Waals surface area contributed by atoms with Crippen LogP contribution in [0.5, 0.6) is 0 Å². The summed E-state index contributed by atoms with van der Waals surface area (Å²) in [7, 11) is 0. The number of tetrazole rings is 1. The van der Waals surface area contributed by atoms with E-state index in [-0.39, 0.29) is 6.10 Å². The van der Waals surface area contributed by atoms with Crippen molar-refractivity contribution in [3.05, 3.63) is 30.3 Å². The Morgan fingerprint density at radius 3 is 2.90 bits per heavy atom. The van der Waals surface area contributed by atoms with Gasteiger partial charge in [-0.1, -0.05) is 30.0 Å². The molecule has 20 heavy (non-hydrogen) atoms. The summed E-state index contributed by atoms with van der Waals surface area (Å²) >= 11 is 1.47. The molecule has 1 unspecified atom stereocenters. The zero-order valence-corrected chi connectivity index (χ0v) is 11.8. The third-order valence-electron chi connectivity index (χ3n) is 3.07. The summed E-state index contributed by atoms with van der Waals surface area (Å²) in [6, 6.07) is 10.4. The molecular weight excluding hydrogens is 274 g/mol. The Morgan fingerprint density at radius 1 is 1.35 bits per heavy atom. The zero-order chi connectivity index (χ0) is 13.8. The Bertz CT molecular complexity index is 543. The molecule has 1 fully saturated rings. The van der Waals surface area contributed by atoms with Crippen molar-refractivity contribution in [3.8, 4) is 5.69 Å². The van der Waals surface area contributed by atoms with Gasteiger partial charge in [-0.05, 0) is 35.4 Å². The van der Waals surface area contributed by atoms with Crippen LogP contribution in [0.4, 0.5) is 0 Å². The van der Waals surface area contributed by atoms with Crippen LogP contribution in [-0.4, -0.2) is 49.8 Å². The molecule has 2 aromatic rings. The molecule has 0 saturated heterocycles. The molecule has 1 aliphatic carbocycles. The van der Waals surface area contributed by atoms with Crippen LogP contribution in [0.3, 0.4) is 0 Å². The number of hydrogen-bond acceptors (Lipinski definition) is 6. The molecular formula is C13H17N5OS. The van der Waals surface area contributed by atoms with Crippen LogP contribution in [0.15, 0.2) is 35.5 Å². The summed E-state index contributed by atoms with van der Waals surface area (Å²) in [5.74, 6) is 0.576. The summed E-state index contributed by atoms with van der Waals surface area (Å²) < 4.78 is 1.69. The Labute approximate surface area is 121 Å². The molecule has 106 valence electrons. The molecule has 2 N–H and O–H groups in total. The number of para-hydroxylation sites is 1. The van der Waals surface area contributed by atoms with Gasteiger partial charge in [-0.2, -0.15) is 4.68 Å². The van der Waals surface area contributed by atoms with E-state index in [2.05, 4.69) is 20.8 Å². The summed E-state index contributed by atoms with van der Waals surface area (Å²) in [4.78, 5) is 0. The van der Waals surface area contributed by atoms with Crippen LogP contribution < -0.4 is 5.32 Å². The fourth-order valence-corrected chi connectivity index (χ4v) is 2.64. The largest absolute Gasteiger partial charge is 0.391 e. The highest BCUT2D eigenvalue weighted by atomic mass is 32.2. The Morgan fingerprint density at radius 2 is 2.15 bits per heavy atom. The van der Waals surface area contributed by atoms with Gasteiger partial charge in [-0.3, -0.25) is 0 Å². The van der Waals surface area contributed by atoms with Crippen LogP contribution in [0.25, 0.3) is 5.69 Å². The highest BCUT2D eigenvalue weighted by Gasteiger charge is 2.21. The molecule has 1 aliphatic rings. The molecule has 0 amide bonds. The molecule has 1 aromatic heterocycles. The lowest BCUT2D eigenvalue weighted by molar-refractivity contribution is 0.195. The average Bonchev–Trinajstić information content (AvgIpc) is 3.20. The fourth-order valence-electron chi connectivity index (χ4n) is 1.82. The van der Waals surface area contributed by atoms with Gasteiger partial charge in [0.1, 0.15) is 0 Å². The van der Waals surface area contributed by atoms with Gasteiger partial charge in [0.25, 0.3) is 0 Å². The minimum atomic E-state index is -0.387. The van der Waals surface area contributed by atoms with Crippen molar-refractivity contribution < 1.29 is 5.11 Å². The third kappa shape index (κ3) is 3.56. The average molecular weight is 291 g/mol. The number of hydrogen-bond donors (Lipinski definition) is 2. The van der Waals surface area contributed by atoms with Gasteiger partial charge in [0.05, 0.1) is 11.8 Å². The van der Waals surface area contributed by atoms with Gasteiger partial charge in [0, 0.05) is 18.3 Å². The van der Waals surface area contributed by atoms with E-state index in [9.17, 15) is 5.11 Å². The lowest BCUT2D eigenvalue weighted by Crippen LogP contribution is -2.30. The summed E-state index contributed by atoms with van der Waals surface area (Å²) in [5.41, 5.74) is 0.922. The number of nitrogens with one attached hydrogen (secondary N) is 1. The van der Waals surface area contributed by atoms with Crippen molar-refractivity contribution in [2.24, 2.45) is 0 Å². The van der Waals surface area contributed by atoms with Crippen molar-refractivity contribution in [2.75, 3.05) is 12.3 Å². The third-order valence-corrected chi connectivity index (χ3v) is 4.13. The molecule has 1 aromatic carbocycles. The second kappa shape index (κ2) is 6.34. The number of aliphatic hydroxyl groups excluding tert-OH is 1. The normalized spacial score (nSPS) is 16.2. The van der Waals surface area contributed by atoms with E-state index in [1.54, 1.807) is 4.68 Å². The predicted molar refractivity (Wildman–Crippen MR) is 76.9 cm³/mol. The molecule has 0 aliphatic heterocycles. The van der Waals surface area contributed by atoms with Gasteiger partial charge < -0.3 is 10.4 Å². The first-order valence-corrected chi connectivity index (χ1v) is 7.69. The maximum absolute atomic E-state index is 9.92. The Kier molecular flexibility index (Phi) is 4.29. The quantitative estimate of drug-likeness (QED) is 0.737. The summed E-state index contributed by atoms with van der Waals surface area (Å²) in [6.45, 7) is 0.630. The highest BCUT2D eigenvalue weighted by Crippen LogP contribution is 2.20. The second-order valence-corrected chi connectivity index (χ2v) is 5.84. The molecule has 7 heteroatoms. The van der Waals surface area contributed by atoms with Gasteiger partial charge in [0.2, 0.25) is 5.16 Å². The van der Waals surface area contributed by atoms with Crippen LogP contribution in [0.1, 0.15) is 12.8 Å². The van der Waals surface area contributed by atoms with Gasteiger partial charge in [-0.25, -0.2) is 0 Å². The number of benzene rings is 1.